The van der Waals surface area contributed by atoms with Crippen molar-refractivity contribution in [2.24, 2.45) is 0 Å². The zero-order valence-electron chi connectivity index (χ0n) is 17.1. The Morgan fingerprint density at radius 3 is 2.59 bits per heavy atom. The van der Waals surface area contributed by atoms with Crippen molar-refractivity contribution < 1.29 is 17.9 Å². The Bertz CT molecular complexity index is 1220. The number of nitrogens with one attached hydrogen (secondary N) is 1. The molecule has 1 aliphatic rings. The Hall–Kier alpha value is -3.01. The molecule has 8 nitrogen and oxygen atoms in total. The average molecular weight is 473 g/mol. The van der Waals surface area contributed by atoms with Gasteiger partial charge in [0.25, 0.3) is 5.91 Å². The zero-order valence-corrected chi connectivity index (χ0v) is 18.6. The van der Waals surface area contributed by atoms with E-state index in [0.29, 0.717) is 18.8 Å². The molecule has 2 aromatic heterocycles. The summed E-state index contributed by atoms with van der Waals surface area (Å²) < 4.78 is 32.9. The number of halogens is 1. The highest BCUT2D eigenvalue weighted by atomic mass is 35.5. The van der Waals surface area contributed by atoms with Crippen LogP contribution in [0.1, 0.15) is 28.8 Å². The van der Waals surface area contributed by atoms with Crippen molar-refractivity contribution in [3.63, 3.8) is 0 Å². The predicted molar refractivity (Wildman–Crippen MR) is 120 cm³/mol. The minimum absolute atomic E-state index is 0.0316. The monoisotopic (exact) mass is 472 g/mol. The van der Waals surface area contributed by atoms with Gasteiger partial charge in [-0.25, -0.2) is 13.4 Å². The quantitative estimate of drug-likeness (QED) is 0.562. The SMILES string of the molecule is O=C(Nc1ncccc1OCc1ccncc1)c1cc(S(=O)(=O)N2CCCC2)ccc1Cl. The maximum Gasteiger partial charge on any atom is 0.258 e. The van der Waals surface area contributed by atoms with Crippen LogP contribution in [-0.2, 0) is 16.6 Å². The molecule has 32 heavy (non-hydrogen) atoms. The molecule has 0 atom stereocenters. The van der Waals surface area contributed by atoms with Gasteiger partial charge < -0.3 is 10.1 Å². The smallest absolute Gasteiger partial charge is 0.258 e. The number of benzene rings is 1. The molecule has 0 radical (unpaired) electrons. The number of carbonyl (C=O) groups is 1. The summed E-state index contributed by atoms with van der Waals surface area (Å²) in [5, 5.41) is 2.81. The van der Waals surface area contributed by atoms with Gasteiger partial charge in [-0.15, -0.1) is 0 Å². The lowest BCUT2D eigenvalue weighted by Crippen LogP contribution is -2.28. The second kappa shape index (κ2) is 9.64. The van der Waals surface area contributed by atoms with E-state index in [1.54, 1.807) is 24.5 Å². The van der Waals surface area contributed by atoms with Crippen molar-refractivity contribution in [2.45, 2.75) is 24.3 Å². The van der Waals surface area contributed by atoms with Crippen LogP contribution in [-0.4, -0.2) is 41.7 Å². The second-order valence-electron chi connectivity index (χ2n) is 7.20. The Morgan fingerprint density at radius 2 is 1.84 bits per heavy atom. The highest BCUT2D eigenvalue weighted by molar-refractivity contribution is 7.89. The van der Waals surface area contributed by atoms with Gasteiger partial charge >= 0.3 is 0 Å². The van der Waals surface area contributed by atoms with Crippen LogP contribution in [0.4, 0.5) is 5.82 Å². The predicted octanol–water partition coefficient (Wildman–Crippen LogP) is 3.75. The van der Waals surface area contributed by atoms with Gasteiger partial charge in [0, 0.05) is 31.7 Å². The van der Waals surface area contributed by atoms with E-state index < -0.39 is 15.9 Å². The topological polar surface area (TPSA) is 101 Å². The van der Waals surface area contributed by atoms with Crippen molar-refractivity contribution in [1.29, 1.82) is 0 Å². The number of rotatable bonds is 7. The van der Waals surface area contributed by atoms with Crippen molar-refractivity contribution in [3.05, 3.63) is 77.2 Å². The minimum atomic E-state index is -3.68. The van der Waals surface area contributed by atoms with Crippen LogP contribution in [0, 0.1) is 0 Å². The molecule has 0 aliphatic carbocycles. The van der Waals surface area contributed by atoms with E-state index in [9.17, 15) is 13.2 Å². The number of ether oxygens (including phenoxy) is 1. The third kappa shape index (κ3) is 4.90. The van der Waals surface area contributed by atoms with E-state index in [1.807, 2.05) is 12.1 Å². The number of aromatic nitrogens is 2. The Morgan fingerprint density at radius 1 is 1.09 bits per heavy atom. The van der Waals surface area contributed by atoms with E-state index >= 15 is 0 Å². The first-order chi connectivity index (χ1) is 15.4. The summed E-state index contributed by atoms with van der Waals surface area (Å²) >= 11 is 6.22. The van der Waals surface area contributed by atoms with E-state index in [1.165, 1.54) is 28.7 Å². The van der Waals surface area contributed by atoms with Crippen molar-refractivity contribution >= 4 is 33.3 Å². The number of amides is 1. The first-order valence-electron chi connectivity index (χ1n) is 10.0. The maximum atomic E-state index is 13.0. The van der Waals surface area contributed by atoms with Gasteiger partial charge in [0.05, 0.1) is 15.5 Å². The molecule has 0 unspecified atom stereocenters. The van der Waals surface area contributed by atoms with Gasteiger partial charge in [-0.1, -0.05) is 11.6 Å². The number of pyridine rings is 2. The van der Waals surface area contributed by atoms with E-state index in [2.05, 4.69) is 15.3 Å². The highest BCUT2D eigenvalue weighted by Gasteiger charge is 2.28. The molecule has 1 saturated heterocycles. The molecule has 4 rings (SSSR count). The summed E-state index contributed by atoms with van der Waals surface area (Å²) in [6, 6.07) is 11.1. The largest absolute Gasteiger partial charge is 0.485 e. The van der Waals surface area contributed by atoms with E-state index in [-0.39, 0.29) is 27.9 Å². The van der Waals surface area contributed by atoms with Gasteiger partial charge in [0.2, 0.25) is 10.0 Å². The van der Waals surface area contributed by atoms with Crippen molar-refractivity contribution in [1.82, 2.24) is 14.3 Å². The van der Waals surface area contributed by atoms with Crippen LogP contribution < -0.4 is 10.1 Å². The first-order valence-corrected chi connectivity index (χ1v) is 11.8. The van der Waals surface area contributed by atoms with Gasteiger partial charge in [0.15, 0.2) is 11.6 Å². The Balaban J connectivity index is 1.54. The number of hydrogen-bond donors (Lipinski definition) is 1. The molecule has 1 aromatic carbocycles. The Labute approximate surface area is 191 Å². The molecule has 1 amide bonds. The number of anilines is 1. The third-order valence-electron chi connectivity index (χ3n) is 5.03. The summed E-state index contributed by atoms with van der Waals surface area (Å²) in [7, 11) is -3.68. The molecular weight excluding hydrogens is 452 g/mol. The summed E-state index contributed by atoms with van der Waals surface area (Å²) in [6.07, 6.45) is 6.49. The Kier molecular flexibility index (Phi) is 6.69. The molecule has 3 aromatic rings. The van der Waals surface area contributed by atoms with Crippen LogP contribution in [0.3, 0.4) is 0 Å². The van der Waals surface area contributed by atoms with Crippen LogP contribution in [0.5, 0.6) is 5.75 Å². The zero-order chi connectivity index (χ0) is 22.6. The van der Waals surface area contributed by atoms with Crippen LogP contribution >= 0.6 is 11.6 Å². The molecule has 0 saturated carbocycles. The number of sulfonamides is 1. The summed E-state index contributed by atoms with van der Waals surface area (Å²) in [6.45, 7) is 1.21. The minimum Gasteiger partial charge on any atom is -0.485 e. The summed E-state index contributed by atoms with van der Waals surface area (Å²) in [4.78, 5) is 21.1. The van der Waals surface area contributed by atoms with Gasteiger partial charge in [-0.05, 0) is 60.9 Å². The molecule has 1 fully saturated rings. The second-order valence-corrected chi connectivity index (χ2v) is 9.55. The van der Waals surface area contributed by atoms with Crippen LogP contribution in [0.15, 0.2) is 66.0 Å². The normalized spacial score (nSPS) is 14.3. The van der Waals surface area contributed by atoms with Crippen LogP contribution in [0.2, 0.25) is 5.02 Å². The number of nitrogens with zero attached hydrogens (tertiary/aromatic N) is 3. The first kappa shape index (κ1) is 22.2. The van der Waals surface area contributed by atoms with E-state index in [4.69, 9.17) is 16.3 Å². The molecule has 10 heteroatoms. The molecule has 0 spiro atoms. The highest BCUT2D eigenvalue weighted by Crippen LogP contribution is 2.27. The fraction of sp³-hybridized carbons (Fsp3) is 0.227. The fourth-order valence-electron chi connectivity index (χ4n) is 3.33. The molecule has 1 N–H and O–H groups in total. The number of hydrogen-bond acceptors (Lipinski definition) is 6. The van der Waals surface area contributed by atoms with Crippen molar-refractivity contribution in [3.8, 4) is 5.75 Å². The third-order valence-corrected chi connectivity index (χ3v) is 7.26. The van der Waals surface area contributed by atoms with E-state index in [0.717, 1.165) is 18.4 Å². The molecule has 166 valence electrons. The number of carbonyl (C=O) groups excluding carboxylic acids is 1. The summed E-state index contributed by atoms with van der Waals surface area (Å²) in [5.41, 5.74) is 0.946. The average Bonchev–Trinajstić information content (AvgIpc) is 3.35. The maximum absolute atomic E-state index is 13.0. The molecule has 3 heterocycles. The summed E-state index contributed by atoms with van der Waals surface area (Å²) in [5.74, 6) is -0.00835. The lowest BCUT2D eigenvalue weighted by atomic mass is 10.2. The standard InChI is InChI=1S/C22H21ClN4O4S/c23-19-6-5-17(32(29,30)27-12-1-2-13-27)14-18(19)22(28)26-21-20(4-3-9-25-21)31-15-16-7-10-24-11-8-16/h3-11,14H,1-2,12-13,15H2,(H,25,26,28). The lowest BCUT2D eigenvalue weighted by molar-refractivity contribution is 0.102. The van der Waals surface area contributed by atoms with Gasteiger partial charge in [-0.3, -0.25) is 9.78 Å². The molecular formula is C22H21ClN4O4S. The van der Waals surface area contributed by atoms with Gasteiger partial charge in [0.1, 0.15) is 6.61 Å². The fourth-order valence-corrected chi connectivity index (χ4v) is 5.08. The van der Waals surface area contributed by atoms with Crippen LogP contribution in [0.25, 0.3) is 0 Å². The molecule has 0 bridgehead atoms. The molecule has 1 aliphatic heterocycles. The van der Waals surface area contributed by atoms with Gasteiger partial charge in [-0.2, -0.15) is 4.31 Å². The lowest BCUT2D eigenvalue weighted by Gasteiger charge is -2.16. The van der Waals surface area contributed by atoms with Crippen molar-refractivity contribution in [2.75, 3.05) is 18.4 Å².